The van der Waals surface area contributed by atoms with Crippen LogP contribution in [-0.4, -0.2) is 62.6 Å². The highest BCUT2D eigenvalue weighted by molar-refractivity contribution is 5.48. The van der Waals surface area contributed by atoms with Gasteiger partial charge in [-0.15, -0.1) is 0 Å². The molecule has 140 valence electrons. The summed E-state index contributed by atoms with van der Waals surface area (Å²) >= 11 is 0. The number of piperazine rings is 1. The van der Waals surface area contributed by atoms with Gasteiger partial charge >= 0.3 is 0 Å². The number of anilines is 1. The Morgan fingerprint density at radius 3 is 2.50 bits per heavy atom. The van der Waals surface area contributed by atoms with E-state index in [-0.39, 0.29) is 12.4 Å². The minimum atomic E-state index is -0.582. The van der Waals surface area contributed by atoms with Crippen LogP contribution >= 0.6 is 0 Å². The topological polar surface area (TPSA) is 45.2 Å². The fourth-order valence-electron chi connectivity index (χ4n) is 3.11. The van der Waals surface area contributed by atoms with Crippen LogP contribution in [0.15, 0.2) is 48.5 Å². The van der Waals surface area contributed by atoms with Gasteiger partial charge in [-0.3, -0.25) is 4.90 Å². The number of hydrogen-bond donors (Lipinski definition) is 1. The summed E-state index contributed by atoms with van der Waals surface area (Å²) in [7, 11) is 1.61. The number of rotatable bonds is 7. The maximum atomic E-state index is 13.9. The summed E-state index contributed by atoms with van der Waals surface area (Å²) < 4.78 is 24.7. The molecular weight excluding hydrogens is 335 g/mol. The van der Waals surface area contributed by atoms with Crippen LogP contribution in [0.5, 0.6) is 11.5 Å². The van der Waals surface area contributed by atoms with Crippen LogP contribution in [0.3, 0.4) is 0 Å². The smallest absolute Gasteiger partial charge is 0.146 e. The van der Waals surface area contributed by atoms with Crippen LogP contribution < -0.4 is 14.4 Å². The fourth-order valence-corrected chi connectivity index (χ4v) is 3.11. The third-order valence-corrected chi connectivity index (χ3v) is 4.52. The van der Waals surface area contributed by atoms with Gasteiger partial charge in [-0.25, -0.2) is 4.39 Å². The van der Waals surface area contributed by atoms with Gasteiger partial charge in [0.1, 0.15) is 30.0 Å². The van der Waals surface area contributed by atoms with Crippen LogP contribution in [0, 0.1) is 5.82 Å². The Bertz CT molecular complexity index is 705. The van der Waals surface area contributed by atoms with E-state index in [0.29, 0.717) is 18.0 Å². The average Bonchev–Trinajstić information content (AvgIpc) is 2.68. The quantitative estimate of drug-likeness (QED) is 0.822. The van der Waals surface area contributed by atoms with Crippen molar-refractivity contribution in [1.82, 2.24) is 4.90 Å². The average molecular weight is 360 g/mol. The molecule has 1 N–H and O–H groups in total. The Morgan fingerprint density at radius 2 is 1.77 bits per heavy atom. The predicted octanol–water partition coefficient (Wildman–Crippen LogP) is 2.40. The first-order chi connectivity index (χ1) is 12.7. The largest absolute Gasteiger partial charge is 0.497 e. The summed E-state index contributed by atoms with van der Waals surface area (Å²) in [5.41, 5.74) is 0.647. The molecule has 2 aromatic rings. The van der Waals surface area contributed by atoms with Gasteiger partial charge in [-0.2, -0.15) is 0 Å². The van der Waals surface area contributed by atoms with Crippen molar-refractivity contribution in [2.24, 2.45) is 0 Å². The van der Waals surface area contributed by atoms with E-state index in [1.165, 1.54) is 6.07 Å². The lowest BCUT2D eigenvalue weighted by Gasteiger charge is -2.36. The zero-order valence-electron chi connectivity index (χ0n) is 15.0. The third kappa shape index (κ3) is 4.86. The molecule has 2 aromatic carbocycles. The number of nitrogens with zero attached hydrogens (tertiary/aromatic N) is 2. The van der Waals surface area contributed by atoms with Gasteiger partial charge in [0, 0.05) is 38.8 Å². The lowest BCUT2D eigenvalue weighted by atomic mass is 10.2. The molecule has 3 rings (SSSR count). The molecule has 5 nitrogen and oxygen atoms in total. The highest BCUT2D eigenvalue weighted by atomic mass is 19.1. The first kappa shape index (κ1) is 18.5. The second-order valence-corrected chi connectivity index (χ2v) is 6.38. The minimum absolute atomic E-state index is 0.187. The van der Waals surface area contributed by atoms with Crippen LogP contribution in [0.25, 0.3) is 0 Å². The van der Waals surface area contributed by atoms with Crippen molar-refractivity contribution in [1.29, 1.82) is 0 Å². The number of hydrogen-bond acceptors (Lipinski definition) is 5. The second kappa shape index (κ2) is 8.87. The molecule has 0 unspecified atom stereocenters. The molecule has 0 radical (unpaired) electrons. The Kier molecular flexibility index (Phi) is 6.30. The molecule has 1 fully saturated rings. The number of halogens is 1. The number of β-amino-alcohol motifs (C(OH)–C–C–N with tert-alkyl or cyclic N) is 1. The molecule has 0 saturated carbocycles. The first-order valence-electron chi connectivity index (χ1n) is 8.82. The van der Waals surface area contributed by atoms with E-state index in [1.807, 2.05) is 35.2 Å². The number of ether oxygens (including phenoxy) is 2. The molecule has 1 saturated heterocycles. The first-order valence-corrected chi connectivity index (χ1v) is 8.82. The van der Waals surface area contributed by atoms with Crippen molar-refractivity contribution < 1.29 is 19.0 Å². The maximum absolute atomic E-state index is 13.9. The standard InChI is InChI=1S/C20H25FN2O3/c1-25-17-5-4-6-18(13-17)26-15-16(24)14-22-9-11-23(12-10-22)20-8-3-2-7-19(20)21/h2-8,13,16,24H,9-12,14-15H2,1H3/t16-/m1/s1. The van der Waals surface area contributed by atoms with Gasteiger partial charge in [0.15, 0.2) is 0 Å². The van der Waals surface area contributed by atoms with E-state index in [0.717, 1.165) is 31.9 Å². The summed E-state index contributed by atoms with van der Waals surface area (Å²) in [5.74, 6) is 1.21. The Labute approximate surface area is 153 Å². The van der Waals surface area contributed by atoms with E-state index in [4.69, 9.17) is 9.47 Å². The summed E-state index contributed by atoms with van der Waals surface area (Å²) in [6, 6.07) is 14.2. The van der Waals surface area contributed by atoms with E-state index in [9.17, 15) is 9.50 Å². The maximum Gasteiger partial charge on any atom is 0.146 e. The molecule has 0 bridgehead atoms. The summed E-state index contributed by atoms with van der Waals surface area (Å²) in [5, 5.41) is 10.2. The lowest BCUT2D eigenvalue weighted by Crippen LogP contribution is -2.49. The number of aliphatic hydroxyl groups is 1. The molecule has 0 aromatic heterocycles. The van der Waals surface area contributed by atoms with E-state index >= 15 is 0 Å². The molecule has 0 aliphatic carbocycles. The predicted molar refractivity (Wildman–Crippen MR) is 99.5 cm³/mol. The SMILES string of the molecule is COc1cccc(OC[C@H](O)CN2CCN(c3ccccc3F)CC2)c1. The molecule has 0 spiro atoms. The Hall–Kier alpha value is -2.31. The van der Waals surface area contributed by atoms with E-state index < -0.39 is 6.10 Å². The number of benzene rings is 2. The number of para-hydroxylation sites is 1. The van der Waals surface area contributed by atoms with Gasteiger partial charge in [0.25, 0.3) is 0 Å². The van der Waals surface area contributed by atoms with Gasteiger partial charge < -0.3 is 19.5 Å². The van der Waals surface area contributed by atoms with Crippen LogP contribution in [-0.2, 0) is 0 Å². The summed E-state index contributed by atoms with van der Waals surface area (Å²) in [6.45, 7) is 3.81. The van der Waals surface area contributed by atoms with Gasteiger partial charge in [0.05, 0.1) is 12.8 Å². The van der Waals surface area contributed by atoms with Crippen LogP contribution in [0.2, 0.25) is 0 Å². The Balaban J connectivity index is 1.43. The highest BCUT2D eigenvalue weighted by Crippen LogP contribution is 2.21. The fraction of sp³-hybridized carbons (Fsp3) is 0.400. The van der Waals surface area contributed by atoms with Gasteiger partial charge in [-0.05, 0) is 24.3 Å². The number of aliphatic hydroxyl groups excluding tert-OH is 1. The van der Waals surface area contributed by atoms with Gasteiger partial charge in [0.2, 0.25) is 0 Å². The molecular formula is C20H25FN2O3. The highest BCUT2D eigenvalue weighted by Gasteiger charge is 2.21. The molecule has 1 heterocycles. The van der Waals surface area contributed by atoms with E-state index in [1.54, 1.807) is 19.2 Å². The van der Waals surface area contributed by atoms with Crippen molar-refractivity contribution in [3.63, 3.8) is 0 Å². The van der Waals surface area contributed by atoms with Crippen molar-refractivity contribution in [3.05, 3.63) is 54.3 Å². The van der Waals surface area contributed by atoms with Crippen LogP contribution in [0.1, 0.15) is 0 Å². The number of methoxy groups -OCH3 is 1. The molecule has 26 heavy (non-hydrogen) atoms. The van der Waals surface area contributed by atoms with Gasteiger partial charge in [-0.1, -0.05) is 18.2 Å². The Morgan fingerprint density at radius 1 is 1.04 bits per heavy atom. The monoisotopic (exact) mass is 360 g/mol. The van der Waals surface area contributed by atoms with Crippen molar-refractivity contribution in [2.45, 2.75) is 6.10 Å². The zero-order valence-corrected chi connectivity index (χ0v) is 15.0. The van der Waals surface area contributed by atoms with Crippen molar-refractivity contribution in [3.8, 4) is 11.5 Å². The molecule has 1 atom stereocenters. The molecule has 0 amide bonds. The van der Waals surface area contributed by atoms with E-state index in [2.05, 4.69) is 4.90 Å². The normalized spacial score (nSPS) is 16.3. The molecule has 1 aliphatic rings. The molecule has 6 heteroatoms. The van der Waals surface area contributed by atoms with Crippen molar-refractivity contribution >= 4 is 5.69 Å². The third-order valence-electron chi connectivity index (χ3n) is 4.52. The second-order valence-electron chi connectivity index (χ2n) is 6.38. The minimum Gasteiger partial charge on any atom is -0.497 e. The summed E-state index contributed by atoms with van der Waals surface area (Å²) in [4.78, 5) is 4.22. The molecule has 1 aliphatic heterocycles. The lowest BCUT2D eigenvalue weighted by molar-refractivity contribution is 0.0662. The zero-order chi connectivity index (χ0) is 18.4. The van der Waals surface area contributed by atoms with Crippen LogP contribution in [0.4, 0.5) is 10.1 Å². The van der Waals surface area contributed by atoms with Crippen molar-refractivity contribution in [2.75, 3.05) is 51.3 Å². The summed E-state index contributed by atoms with van der Waals surface area (Å²) in [6.07, 6.45) is -0.582.